The fraction of sp³-hybridized carbons (Fsp3) is 0.214. The van der Waals surface area contributed by atoms with Gasteiger partial charge < -0.3 is 4.90 Å². The SMILES string of the molecule is Cc1ccc(N(C)Cc2ccc(Cl)nc2Cl)cc1. The van der Waals surface area contributed by atoms with Gasteiger partial charge in [-0.05, 0) is 25.1 Å². The van der Waals surface area contributed by atoms with Crippen LogP contribution >= 0.6 is 23.2 Å². The van der Waals surface area contributed by atoms with Gasteiger partial charge in [0.05, 0.1) is 0 Å². The Morgan fingerprint density at radius 2 is 1.72 bits per heavy atom. The maximum atomic E-state index is 6.06. The Kier molecular flexibility index (Phi) is 4.10. The van der Waals surface area contributed by atoms with Crippen LogP contribution in [0, 0.1) is 6.92 Å². The molecule has 0 saturated heterocycles. The van der Waals surface area contributed by atoms with Gasteiger partial charge in [0.1, 0.15) is 10.3 Å². The fourth-order valence-electron chi connectivity index (χ4n) is 1.70. The number of nitrogens with zero attached hydrogens (tertiary/aromatic N) is 2. The van der Waals surface area contributed by atoms with E-state index in [0.717, 1.165) is 11.3 Å². The number of halogens is 2. The van der Waals surface area contributed by atoms with E-state index in [-0.39, 0.29) is 0 Å². The first-order valence-corrected chi connectivity index (χ1v) is 6.40. The van der Waals surface area contributed by atoms with Gasteiger partial charge in [0.15, 0.2) is 0 Å². The molecule has 0 saturated carbocycles. The Morgan fingerprint density at radius 1 is 1.06 bits per heavy atom. The first-order valence-electron chi connectivity index (χ1n) is 5.65. The lowest BCUT2D eigenvalue weighted by Crippen LogP contribution is -2.16. The number of aryl methyl sites for hydroxylation is 1. The van der Waals surface area contributed by atoms with Crippen LogP contribution in [-0.2, 0) is 6.54 Å². The molecule has 0 amide bonds. The van der Waals surface area contributed by atoms with Crippen molar-refractivity contribution in [1.82, 2.24) is 4.98 Å². The first-order chi connectivity index (χ1) is 8.56. The molecule has 0 radical (unpaired) electrons. The zero-order valence-corrected chi connectivity index (χ0v) is 11.8. The lowest BCUT2D eigenvalue weighted by molar-refractivity contribution is 0.915. The van der Waals surface area contributed by atoms with Crippen molar-refractivity contribution >= 4 is 28.9 Å². The third-order valence-corrected chi connectivity index (χ3v) is 3.31. The molecule has 0 unspecified atom stereocenters. The Hall–Kier alpha value is -1.25. The fourth-order valence-corrected chi connectivity index (χ4v) is 2.11. The zero-order valence-electron chi connectivity index (χ0n) is 10.3. The maximum absolute atomic E-state index is 6.06. The lowest BCUT2D eigenvalue weighted by atomic mass is 10.2. The van der Waals surface area contributed by atoms with Crippen molar-refractivity contribution in [2.75, 3.05) is 11.9 Å². The number of hydrogen-bond acceptors (Lipinski definition) is 2. The number of hydrogen-bond donors (Lipinski definition) is 0. The summed E-state index contributed by atoms with van der Waals surface area (Å²) in [6, 6.07) is 12.0. The molecule has 0 atom stereocenters. The normalized spacial score (nSPS) is 10.4. The van der Waals surface area contributed by atoms with Gasteiger partial charge in [0, 0.05) is 24.8 Å². The predicted molar refractivity (Wildman–Crippen MR) is 77.5 cm³/mol. The summed E-state index contributed by atoms with van der Waals surface area (Å²) in [5.41, 5.74) is 3.36. The minimum absolute atomic E-state index is 0.418. The van der Waals surface area contributed by atoms with Crippen molar-refractivity contribution in [2.24, 2.45) is 0 Å². The van der Waals surface area contributed by atoms with E-state index in [2.05, 4.69) is 41.1 Å². The molecule has 0 bridgehead atoms. The van der Waals surface area contributed by atoms with E-state index < -0.39 is 0 Å². The molecule has 2 aromatic rings. The van der Waals surface area contributed by atoms with E-state index in [9.17, 15) is 0 Å². The summed E-state index contributed by atoms with van der Waals surface area (Å²) >= 11 is 11.8. The molecular formula is C14H14Cl2N2. The highest BCUT2D eigenvalue weighted by molar-refractivity contribution is 6.32. The summed E-state index contributed by atoms with van der Waals surface area (Å²) < 4.78 is 0. The third-order valence-electron chi connectivity index (χ3n) is 2.77. The van der Waals surface area contributed by atoms with E-state index >= 15 is 0 Å². The van der Waals surface area contributed by atoms with Crippen molar-refractivity contribution in [3.8, 4) is 0 Å². The molecule has 0 aliphatic heterocycles. The number of benzene rings is 1. The van der Waals surface area contributed by atoms with Crippen LogP contribution in [0.2, 0.25) is 10.3 Å². The Labute approximate surface area is 117 Å². The summed E-state index contributed by atoms with van der Waals surface area (Å²) in [5.74, 6) is 0. The number of rotatable bonds is 3. The number of aromatic nitrogens is 1. The van der Waals surface area contributed by atoms with Crippen LogP contribution in [0.1, 0.15) is 11.1 Å². The Morgan fingerprint density at radius 3 is 2.33 bits per heavy atom. The first kappa shape index (κ1) is 13.2. The molecule has 0 aliphatic rings. The standard InChI is InChI=1S/C14H14Cl2N2/c1-10-3-6-12(7-4-10)18(2)9-11-5-8-13(15)17-14(11)16/h3-8H,9H2,1-2H3. The van der Waals surface area contributed by atoms with Crippen LogP contribution in [0.15, 0.2) is 36.4 Å². The van der Waals surface area contributed by atoms with Crippen LogP contribution in [0.3, 0.4) is 0 Å². The van der Waals surface area contributed by atoms with Gasteiger partial charge in [-0.1, -0.05) is 47.0 Å². The average molecular weight is 281 g/mol. The van der Waals surface area contributed by atoms with Gasteiger partial charge in [-0.3, -0.25) is 0 Å². The highest BCUT2D eigenvalue weighted by Gasteiger charge is 2.07. The molecule has 18 heavy (non-hydrogen) atoms. The summed E-state index contributed by atoms with van der Waals surface area (Å²) in [5, 5.41) is 0.878. The largest absolute Gasteiger partial charge is 0.370 e. The monoisotopic (exact) mass is 280 g/mol. The molecular weight excluding hydrogens is 267 g/mol. The third kappa shape index (κ3) is 3.15. The lowest BCUT2D eigenvalue weighted by Gasteiger charge is -2.20. The van der Waals surface area contributed by atoms with Crippen LogP contribution < -0.4 is 4.90 Å². The molecule has 2 nitrogen and oxygen atoms in total. The summed E-state index contributed by atoms with van der Waals surface area (Å²) in [4.78, 5) is 6.16. The highest BCUT2D eigenvalue weighted by atomic mass is 35.5. The smallest absolute Gasteiger partial charge is 0.135 e. The maximum Gasteiger partial charge on any atom is 0.135 e. The number of anilines is 1. The van der Waals surface area contributed by atoms with E-state index in [1.54, 1.807) is 6.07 Å². The minimum Gasteiger partial charge on any atom is -0.370 e. The van der Waals surface area contributed by atoms with Crippen LogP contribution in [0.4, 0.5) is 5.69 Å². The van der Waals surface area contributed by atoms with E-state index in [0.29, 0.717) is 16.9 Å². The number of pyridine rings is 1. The predicted octanol–water partition coefficient (Wildman–Crippen LogP) is 4.33. The molecule has 0 N–H and O–H groups in total. The van der Waals surface area contributed by atoms with E-state index in [4.69, 9.17) is 23.2 Å². The van der Waals surface area contributed by atoms with Gasteiger partial charge >= 0.3 is 0 Å². The quantitative estimate of drug-likeness (QED) is 0.778. The molecule has 0 fully saturated rings. The van der Waals surface area contributed by atoms with Gasteiger partial charge in [-0.25, -0.2) is 4.98 Å². The molecule has 4 heteroatoms. The average Bonchev–Trinajstić information content (AvgIpc) is 2.33. The van der Waals surface area contributed by atoms with Crippen molar-refractivity contribution in [2.45, 2.75) is 13.5 Å². The Bertz CT molecular complexity index is 538. The van der Waals surface area contributed by atoms with Gasteiger partial charge in [-0.2, -0.15) is 0 Å². The molecule has 94 valence electrons. The minimum atomic E-state index is 0.418. The van der Waals surface area contributed by atoms with Crippen molar-refractivity contribution < 1.29 is 0 Å². The highest BCUT2D eigenvalue weighted by Crippen LogP contribution is 2.21. The molecule has 0 aliphatic carbocycles. The topological polar surface area (TPSA) is 16.1 Å². The van der Waals surface area contributed by atoms with Crippen LogP contribution in [0.25, 0.3) is 0 Å². The van der Waals surface area contributed by atoms with Crippen molar-refractivity contribution in [3.05, 3.63) is 57.8 Å². The van der Waals surface area contributed by atoms with Crippen molar-refractivity contribution in [1.29, 1.82) is 0 Å². The van der Waals surface area contributed by atoms with Gasteiger partial charge in [0.25, 0.3) is 0 Å². The van der Waals surface area contributed by atoms with Gasteiger partial charge in [0.2, 0.25) is 0 Å². The van der Waals surface area contributed by atoms with Gasteiger partial charge in [-0.15, -0.1) is 0 Å². The van der Waals surface area contributed by atoms with Crippen LogP contribution in [0.5, 0.6) is 0 Å². The molecule has 1 aromatic heterocycles. The summed E-state index contributed by atoms with van der Waals surface area (Å²) in [6.07, 6.45) is 0. The van der Waals surface area contributed by atoms with Crippen molar-refractivity contribution in [3.63, 3.8) is 0 Å². The zero-order chi connectivity index (χ0) is 13.1. The molecule has 1 heterocycles. The van der Waals surface area contributed by atoms with E-state index in [1.807, 2.05) is 13.1 Å². The second kappa shape index (κ2) is 5.59. The molecule has 0 spiro atoms. The second-order valence-electron chi connectivity index (χ2n) is 4.28. The Balaban J connectivity index is 2.15. The molecule has 1 aromatic carbocycles. The summed E-state index contributed by atoms with van der Waals surface area (Å²) in [7, 11) is 2.02. The van der Waals surface area contributed by atoms with E-state index in [1.165, 1.54) is 5.56 Å². The summed E-state index contributed by atoms with van der Waals surface area (Å²) in [6.45, 7) is 2.77. The molecule has 2 rings (SSSR count). The second-order valence-corrected chi connectivity index (χ2v) is 5.02. The van der Waals surface area contributed by atoms with Crippen LogP contribution in [-0.4, -0.2) is 12.0 Å².